The zero-order chi connectivity index (χ0) is 24.5. The lowest BCUT2D eigenvalue weighted by atomic mass is 9.96. The highest BCUT2D eigenvalue weighted by Crippen LogP contribution is 2.37. The van der Waals surface area contributed by atoms with Crippen molar-refractivity contribution in [2.75, 3.05) is 18.4 Å². The van der Waals surface area contributed by atoms with Crippen molar-refractivity contribution in [1.29, 1.82) is 0 Å². The van der Waals surface area contributed by atoms with E-state index in [0.717, 1.165) is 25.0 Å². The lowest BCUT2D eigenvalue weighted by molar-refractivity contribution is -0.137. The van der Waals surface area contributed by atoms with Gasteiger partial charge >= 0.3 is 6.18 Å². The molecule has 1 aliphatic rings. The Bertz CT molecular complexity index is 1180. The number of anilines is 1. The Labute approximate surface area is 197 Å². The fraction of sp³-hybridized carbons (Fsp3) is 0.348. The van der Waals surface area contributed by atoms with Gasteiger partial charge in [0.25, 0.3) is 0 Å². The van der Waals surface area contributed by atoms with Crippen molar-refractivity contribution in [3.8, 4) is 11.4 Å². The Morgan fingerprint density at radius 1 is 1.26 bits per heavy atom. The number of amides is 1. The molecule has 1 N–H and O–H groups in total. The van der Waals surface area contributed by atoms with E-state index in [2.05, 4.69) is 15.5 Å². The van der Waals surface area contributed by atoms with Gasteiger partial charge in [-0.25, -0.2) is 4.39 Å². The second-order valence-corrected chi connectivity index (χ2v) is 8.59. The van der Waals surface area contributed by atoms with Gasteiger partial charge in [0.05, 0.1) is 23.2 Å². The summed E-state index contributed by atoms with van der Waals surface area (Å²) in [6.07, 6.45) is -3.19. The van der Waals surface area contributed by atoms with E-state index >= 15 is 0 Å². The van der Waals surface area contributed by atoms with Crippen LogP contribution in [0.25, 0.3) is 11.4 Å². The van der Waals surface area contributed by atoms with Gasteiger partial charge in [-0.3, -0.25) is 9.69 Å². The number of alkyl halides is 3. The van der Waals surface area contributed by atoms with Crippen LogP contribution in [0.3, 0.4) is 0 Å². The minimum atomic E-state index is -4.66. The normalized spacial score (nSPS) is 18.0. The van der Waals surface area contributed by atoms with Gasteiger partial charge in [0.2, 0.25) is 17.6 Å². The zero-order valence-electron chi connectivity index (χ0n) is 18.1. The summed E-state index contributed by atoms with van der Waals surface area (Å²) in [7, 11) is 0. The van der Waals surface area contributed by atoms with Crippen LogP contribution in [0.5, 0.6) is 0 Å². The maximum Gasteiger partial charge on any atom is 0.418 e. The highest BCUT2D eigenvalue weighted by Gasteiger charge is 2.36. The van der Waals surface area contributed by atoms with E-state index in [0.29, 0.717) is 24.5 Å². The van der Waals surface area contributed by atoms with E-state index in [1.807, 2.05) is 4.90 Å². The maximum absolute atomic E-state index is 13.5. The Kier molecular flexibility index (Phi) is 6.90. The summed E-state index contributed by atoms with van der Waals surface area (Å²) in [6, 6.07) is 8.35. The van der Waals surface area contributed by atoms with Crippen molar-refractivity contribution < 1.29 is 26.9 Å². The number of carbonyl (C=O) groups excluding carboxylic acids is 1. The van der Waals surface area contributed by atoms with E-state index in [4.69, 9.17) is 16.1 Å². The number of carbonyl (C=O) groups is 1. The molecule has 1 fully saturated rings. The molecule has 2 unspecified atom stereocenters. The summed E-state index contributed by atoms with van der Waals surface area (Å²) < 4.78 is 59.0. The molecule has 180 valence electrons. The van der Waals surface area contributed by atoms with Gasteiger partial charge in [0, 0.05) is 17.1 Å². The summed E-state index contributed by atoms with van der Waals surface area (Å²) in [5, 5.41) is 6.24. The molecule has 2 aromatic carbocycles. The van der Waals surface area contributed by atoms with Crippen LogP contribution in [0.2, 0.25) is 5.02 Å². The maximum atomic E-state index is 13.5. The number of hydrogen-bond donors (Lipinski definition) is 1. The molecule has 2 atom stereocenters. The third kappa shape index (κ3) is 5.39. The molecular weight excluding hydrogens is 476 g/mol. The Balaban J connectivity index is 1.45. The summed E-state index contributed by atoms with van der Waals surface area (Å²) in [4.78, 5) is 19.0. The van der Waals surface area contributed by atoms with Crippen molar-refractivity contribution in [1.82, 2.24) is 15.0 Å². The molecule has 34 heavy (non-hydrogen) atoms. The van der Waals surface area contributed by atoms with Crippen LogP contribution < -0.4 is 5.32 Å². The zero-order valence-corrected chi connectivity index (χ0v) is 18.8. The smallest absolute Gasteiger partial charge is 0.339 e. The molecule has 0 bridgehead atoms. The molecule has 1 aliphatic heterocycles. The molecule has 4 rings (SSSR count). The van der Waals surface area contributed by atoms with E-state index in [1.54, 1.807) is 19.1 Å². The summed E-state index contributed by atoms with van der Waals surface area (Å²) in [5.41, 5.74) is -0.870. The number of hydrogen-bond acceptors (Lipinski definition) is 5. The van der Waals surface area contributed by atoms with Crippen LogP contribution in [0, 0.1) is 5.82 Å². The molecule has 0 saturated carbocycles. The van der Waals surface area contributed by atoms with Crippen molar-refractivity contribution >= 4 is 23.2 Å². The molecule has 0 aliphatic carbocycles. The third-order valence-corrected chi connectivity index (χ3v) is 6.03. The number of halogens is 5. The van der Waals surface area contributed by atoms with Gasteiger partial charge in [-0.05, 0) is 56.6 Å². The number of aromatic nitrogens is 2. The molecule has 0 spiro atoms. The molecule has 3 aromatic rings. The molecule has 11 heteroatoms. The standard InChI is InChI=1S/C23H21ClF4N4O2/c1-13(21(33)29-19-8-7-16(24)11-18(19)23(26,27)28)32-9-3-5-15(12-32)22-30-20(31-34-22)14-4-2-6-17(25)10-14/h2,4,6-8,10-11,13,15H,3,5,9,12H2,1H3,(H,29,33). The van der Waals surface area contributed by atoms with Gasteiger partial charge in [-0.15, -0.1) is 0 Å². The lowest BCUT2D eigenvalue weighted by Crippen LogP contribution is -2.46. The quantitative estimate of drug-likeness (QED) is 0.455. The fourth-order valence-corrected chi connectivity index (χ4v) is 4.14. The average Bonchev–Trinajstić information content (AvgIpc) is 3.29. The van der Waals surface area contributed by atoms with Crippen molar-refractivity contribution in [2.24, 2.45) is 0 Å². The highest BCUT2D eigenvalue weighted by molar-refractivity contribution is 6.30. The van der Waals surface area contributed by atoms with Gasteiger partial charge in [-0.2, -0.15) is 18.2 Å². The minimum absolute atomic E-state index is 0.0746. The fourth-order valence-electron chi connectivity index (χ4n) is 3.97. The molecule has 1 saturated heterocycles. The predicted octanol–water partition coefficient (Wildman–Crippen LogP) is 5.75. The topological polar surface area (TPSA) is 71.3 Å². The Morgan fingerprint density at radius 3 is 2.79 bits per heavy atom. The van der Waals surface area contributed by atoms with E-state index in [9.17, 15) is 22.4 Å². The number of rotatable bonds is 5. The predicted molar refractivity (Wildman–Crippen MR) is 118 cm³/mol. The van der Waals surface area contributed by atoms with Crippen LogP contribution in [-0.2, 0) is 11.0 Å². The van der Waals surface area contributed by atoms with Crippen LogP contribution in [0.4, 0.5) is 23.2 Å². The molecule has 6 nitrogen and oxygen atoms in total. The average molecular weight is 497 g/mol. The number of nitrogens with one attached hydrogen (secondary N) is 1. The van der Waals surface area contributed by atoms with Crippen molar-refractivity contribution in [3.05, 3.63) is 64.8 Å². The number of likely N-dealkylation sites (tertiary alicyclic amines) is 1. The molecule has 1 amide bonds. The summed E-state index contributed by atoms with van der Waals surface area (Å²) in [5.74, 6) is -0.519. The SMILES string of the molecule is CC(C(=O)Nc1ccc(Cl)cc1C(F)(F)F)N1CCCC(c2nc(-c3cccc(F)c3)no2)C1. The second-order valence-electron chi connectivity index (χ2n) is 8.15. The molecule has 1 aromatic heterocycles. The van der Waals surface area contributed by atoms with Crippen molar-refractivity contribution in [2.45, 2.75) is 37.9 Å². The first-order valence-corrected chi connectivity index (χ1v) is 11.0. The number of piperidine rings is 1. The Morgan fingerprint density at radius 2 is 2.06 bits per heavy atom. The van der Waals surface area contributed by atoms with Crippen LogP contribution >= 0.6 is 11.6 Å². The number of nitrogens with zero attached hydrogens (tertiary/aromatic N) is 3. The molecule has 2 heterocycles. The van der Waals surface area contributed by atoms with Crippen LogP contribution in [0.15, 0.2) is 47.0 Å². The van der Waals surface area contributed by atoms with Gasteiger partial charge < -0.3 is 9.84 Å². The first-order valence-electron chi connectivity index (χ1n) is 10.6. The van der Waals surface area contributed by atoms with Gasteiger partial charge in [0.15, 0.2) is 0 Å². The molecular formula is C23H21ClF4N4O2. The van der Waals surface area contributed by atoms with E-state index < -0.39 is 29.5 Å². The summed E-state index contributed by atoms with van der Waals surface area (Å²) >= 11 is 5.71. The van der Waals surface area contributed by atoms with Crippen molar-refractivity contribution in [3.63, 3.8) is 0 Å². The highest BCUT2D eigenvalue weighted by atomic mass is 35.5. The first kappa shape index (κ1) is 24.2. The largest absolute Gasteiger partial charge is 0.418 e. The monoisotopic (exact) mass is 496 g/mol. The lowest BCUT2D eigenvalue weighted by Gasteiger charge is -2.34. The van der Waals surface area contributed by atoms with E-state index in [1.165, 1.54) is 18.2 Å². The molecule has 0 radical (unpaired) electrons. The second kappa shape index (κ2) is 9.71. The number of benzene rings is 2. The van der Waals surface area contributed by atoms with Gasteiger partial charge in [-0.1, -0.05) is 28.9 Å². The first-order chi connectivity index (χ1) is 16.1. The Hall–Kier alpha value is -2.98. The minimum Gasteiger partial charge on any atom is -0.339 e. The van der Waals surface area contributed by atoms with Gasteiger partial charge in [0.1, 0.15) is 5.82 Å². The van der Waals surface area contributed by atoms with Crippen LogP contribution in [0.1, 0.15) is 37.1 Å². The summed E-state index contributed by atoms with van der Waals surface area (Å²) in [6.45, 7) is 2.63. The third-order valence-electron chi connectivity index (χ3n) is 5.80. The van der Waals surface area contributed by atoms with E-state index in [-0.39, 0.29) is 22.5 Å². The van der Waals surface area contributed by atoms with Crippen LogP contribution in [-0.4, -0.2) is 40.1 Å².